The fourth-order valence-corrected chi connectivity index (χ4v) is 2.70. The van der Waals surface area contributed by atoms with E-state index in [1.165, 1.54) is 13.0 Å². The van der Waals surface area contributed by atoms with Crippen molar-refractivity contribution in [3.63, 3.8) is 0 Å². The average molecular weight is 414 g/mol. The third-order valence-electron chi connectivity index (χ3n) is 3.70. The van der Waals surface area contributed by atoms with Gasteiger partial charge in [0.15, 0.2) is 10.8 Å². The first-order valence-corrected chi connectivity index (χ1v) is 8.75. The van der Waals surface area contributed by atoms with Gasteiger partial charge in [0, 0.05) is 11.3 Å². The number of ether oxygens (including phenoxy) is 1. The van der Waals surface area contributed by atoms with Crippen molar-refractivity contribution in [1.29, 1.82) is 0 Å². The molecule has 5 nitrogen and oxygen atoms in total. The van der Waals surface area contributed by atoms with Gasteiger partial charge < -0.3 is 14.5 Å². The predicted molar refractivity (Wildman–Crippen MR) is 102 cm³/mol. The quantitative estimate of drug-likeness (QED) is 0.604. The average Bonchev–Trinajstić information content (AvgIpc) is 3.09. The SMILES string of the molecule is C[C@H](OC(=O)c1ccc(Br)o1)C(=O)Nc1ccccc1-c1ccccc1. The lowest BCUT2D eigenvalue weighted by molar-refractivity contribution is -0.123. The van der Waals surface area contributed by atoms with Gasteiger partial charge in [0.05, 0.1) is 0 Å². The number of para-hydroxylation sites is 1. The normalized spacial score (nSPS) is 11.6. The zero-order valence-corrected chi connectivity index (χ0v) is 15.5. The van der Waals surface area contributed by atoms with Gasteiger partial charge in [0.2, 0.25) is 5.76 Å². The zero-order valence-electron chi connectivity index (χ0n) is 13.9. The number of benzene rings is 2. The van der Waals surface area contributed by atoms with Gasteiger partial charge in [-0.1, -0.05) is 48.5 Å². The molecular weight excluding hydrogens is 398 g/mol. The molecule has 1 aromatic heterocycles. The van der Waals surface area contributed by atoms with Crippen LogP contribution in [0.3, 0.4) is 0 Å². The Bertz CT molecular complexity index is 920. The lowest BCUT2D eigenvalue weighted by Gasteiger charge is -2.15. The highest BCUT2D eigenvalue weighted by Gasteiger charge is 2.21. The summed E-state index contributed by atoms with van der Waals surface area (Å²) in [5.74, 6) is -1.09. The zero-order chi connectivity index (χ0) is 18.5. The Hall–Kier alpha value is -2.86. The maximum atomic E-state index is 12.4. The van der Waals surface area contributed by atoms with Crippen LogP contribution in [0.15, 0.2) is 75.8 Å². The molecule has 6 heteroatoms. The molecule has 0 saturated carbocycles. The second kappa shape index (κ2) is 8.01. The molecule has 0 aliphatic rings. The van der Waals surface area contributed by atoms with Crippen molar-refractivity contribution in [2.45, 2.75) is 13.0 Å². The summed E-state index contributed by atoms with van der Waals surface area (Å²) in [6.07, 6.45) is -0.977. The fraction of sp³-hybridized carbons (Fsp3) is 0.100. The van der Waals surface area contributed by atoms with Gasteiger partial charge in [0.25, 0.3) is 5.91 Å². The molecule has 3 aromatic rings. The highest BCUT2D eigenvalue weighted by atomic mass is 79.9. The smallest absolute Gasteiger partial charge is 0.375 e. The number of amides is 1. The van der Waals surface area contributed by atoms with Crippen LogP contribution in [0.1, 0.15) is 17.5 Å². The molecule has 0 fully saturated rings. The van der Waals surface area contributed by atoms with Crippen LogP contribution in [0.2, 0.25) is 0 Å². The van der Waals surface area contributed by atoms with Gasteiger partial charge in [-0.05, 0) is 46.6 Å². The van der Waals surface area contributed by atoms with E-state index in [-0.39, 0.29) is 5.76 Å². The molecule has 0 aliphatic carbocycles. The molecule has 132 valence electrons. The van der Waals surface area contributed by atoms with Crippen LogP contribution in [0, 0.1) is 0 Å². The molecule has 2 aromatic carbocycles. The number of furan rings is 1. The number of esters is 1. The van der Waals surface area contributed by atoms with Crippen LogP contribution in [0.25, 0.3) is 11.1 Å². The van der Waals surface area contributed by atoms with Crippen LogP contribution < -0.4 is 5.32 Å². The minimum Gasteiger partial charge on any atom is -0.447 e. The van der Waals surface area contributed by atoms with Gasteiger partial charge in [-0.15, -0.1) is 0 Å². The van der Waals surface area contributed by atoms with Crippen LogP contribution in [0.5, 0.6) is 0 Å². The van der Waals surface area contributed by atoms with E-state index >= 15 is 0 Å². The van der Waals surface area contributed by atoms with Crippen LogP contribution >= 0.6 is 15.9 Å². The van der Waals surface area contributed by atoms with E-state index < -0.39 is 18.0 Å². The number of nitrogens with one attached hydrogen (secondary N) is 1. The summed E-state index contributed by atoms with van der Waals surface area (Å²) < 4.78 is 10.7. The summed E-state index contributed by atoms with van der Waals surface area (Å²) in [6.45, 7) is 1.51. The van der Waals surface area contributed by atoms with Crippen LogP contribution in [-0.4, -0.2) is 18.0 Å². The summed E-state index contributed by atoms with van der Waals surface area (Å²) in [5, 5.41) is 2.81. The van der Waals surface area contributed by atoms with Crippen molar-refractivity contribution in [2.24, 2.45) is 0 Å². The Labute approximate surface area is 159 Å². The molecule has 1 amide bonds. The Morgan fingerprint density at radius 2 is 1.69 bits per heavy atom. The first-order chi connectivity index (χ1) is 12.5. The lowest BCUT2D eigenvalue weighted by Crippen LogP contribution is -2.30. The number of hydrogen-bond donors (Lipinski definition) is 1. The number of carbonyl (C=O) groups is 2. The molecule has 3 rings (SSSR count). The number of hydrogen-bond acceptors (Lipinski definition) is 4. The van der Waals surface area contributed by atoms with E-state index in [2.05, 4.69) is 21.2 Å². The molecule has 0 aliphatic heterocycles. The number of carbonyl (C=O) groups excluding carboxylic acids is 2. The maximum absolute atomic E-state index is 12.4. The van der Waals surface area contributed by atoms with E-state index in [0.717, 1.165) is 11.1 Å². The van der Waals surface area contributed by atoms with E-state index in [9.17, 15) is 9.59 Å². The number of anilines is 1. The standard InChI is InChI=1S/C20H16BrNO4/c1-13(25-20(24)17-11-12-18(21)26-17)19(23)22-16-10-6-5-9-15(16)14-7-3-2-4-8-14/h2-13H,1H3,(H,22,23)/t13-/m0/s1. The summed E-state index contributed by atoms with van der Waals surface area (Å²) in [6, 6.07) is 20.2. The van der Waals surface area contributed by atoms with Gasteiger partial charge in [0.1, 0.15) is 0 Å². The minimum atomic E-state index is -0.977. The van der Waals surface area contributed by atoms with E-state index in [4.69, 9.17) is 9.15 Å². The Kier molecular flexibility index (Phi) is 5.53. The fourth-order valence-electron chi connectivity index (χ4n) is 2.39. The van der Waals surface area contributed by atoms with Crippen molar-refractivity contribution in [3.05, 3.63) is 77.2 Å². The molecule has 1 heterocycles. The van der Waals surface area contributed by atoms with Gasteiger partial charge in [-0.25, -0.2) is 4.79 Å². The van der Waals surface area contributed by atoms with Crippen molar-refractivity contribution in [3.8, 4) is 11.1 Å². The Morgan fingerprint density at radius 1 is 1.00 bits per heavy atom. The molecule has 0 spiro atoms. The second-order valence-electron chi connectivity index (χ2n) is 5.55. The molecular formula is C20H16BrNO4. The van der Waals surface area contributed by atoms with Crippen molar-refractivity contribution < 1.29 is 18.7 Å². The van der Waals surface area contributed by atoms with Crippen molar-refractivity contribution in [2.75, 3.05) is 5.32 Å². The molecule has 26 heavy (non-hydrogen) atoms. The summed E-state index contributed by atoms with van der Waals surface area (Å²) in [5.41, 5.74) is 2.51. The summed E-state index contributed by atoms with van der Waals surface area (Å²) in [7, 11) is 0. The van der Waals surface area contributed by atoms with Gasteiger partial charge in [-0.2, -0.15) is 0 Å². The molecule has 0 bridgehead atoms. The first-order valence-electron chi connectivity index (χ1n) is 7.96. The van der Waals surface area contributed by atoms with E-state index in [1.54, 1.807) is 12.1 Å². The monoisotopic (exact) mass is 413 g/mol. The Morgan fingerprint density at radius 3 is 2.38 bits per heavy atom. The predicted octanol–water partition coefficient (Wildman–Crippen LogP) is 4.89. The number of rotatable bonds is 5. The maximum Gasteiger partial charge on any atom is 0.375 e. The van der Waals surface area contributed by atoms with Crippen LogP contribution in [-0.2, 0) is 9.53 Å². The lowest BCUT2D eigenvalue weighted by atomic mass is 10.0. The number of halogens is 1. The Balaban J connectivity index is 1.71. The van der Waals surface area contributed by atoms with E-state index in [1.807, 2.05) is 48.5 Å². The minimum absolute atomic E-state index is 0.0289. The molecule has 1 atom stereocenters. The summed E-state index contributed by atoms with van der Waals surface area (Å²) in [4.78, 5) is 24.4. The van der Waals surface area contributed by atoms with E-state index in [0.29, 0.717) is 10.4 Å². The second-order valence-corrected chi connectivity index (χ2v) is 6.33. The van der Waals surface area contributed by atoms with Crippen molar-refractivity contribution in [1.82, 2.24) is 0 Å². The third kappa shape index (κ3) is 4.21. The first kappa shape index (κ1) is 17.9. The molecule has 0 radical (unpaired) electrons. The van der Waals surface area contributed by atoms with Gasteiger partial charge in [-0.3, -0.25) is 4.79 Å². The van der Waals surface area contributed by atoms with Crippen molar-refractivity contribution >= 4 is 33.5 Å². The molecule has 1 N–H and O–H groups in total. The highest BCUT2D eigenvalue weighted by molar-refractivity contribution is 9.10. The largest absolute Gasteiger partial charge is 0.447 e. The highest BCUT2D eigenvalue weighted by Crippen LogP contribution is 2.27. The van der Waals surface area contributed by atoms with Gasteiger partial charge >= 0.3 is 5.97 Å². The molecule has 0 saturated heterocycles. The van der Waals surface area contributed by atoms with Crippen LogP contribution in [0.4, 0.5) is 5.69 Å². The topological polar surface area (TPSA) is 68.5 Å². The summed E-state index contributed by atoms with van der Waals surface area (Å²) >= 11 is 3.12. The third-order valence-corrected chi connectivity index (χ3v) is 4.12. The molecule has 0 unspecified atom stereocenters.